The number of anilines is 1. The van der Waals surface area contributed by atoms with Crippen molar-refractivity contribution in [2.75, 3.05) is 12.8 Å². The van der Waals surface area contributed by atoms with Crippen LogP contribution in [0.4, 0.5) is 5.13 Å². The molecule has 3 heterocycles. The summed E-state index contributed by atoms with van der Waals surface area (Å²) in [6.45, 7) is 0. The number of carbonyl (C=O) groups excluding carboxylic acids is 2. The van der Waals surface area contributed by atoms with Gasteiger partial charge in [0.1, 0.15) is 18.8 Å². The van der Waals surface area contributed by atoms with Crippen molar-refractivity contribution in [3.8, 4) is 0 Å². The number of aromatic nitrogens is 2. The zero-order valence-electron chi connectivity index (χ0n) is 14.3. The maximum atomic E-state index is 12.6. The summed E-state index contributed by atoms with van der Waals surface area (Å²) >= 11 is 1.62. The molecule has 2 atom stereocenters. The number of hydrogen-bond acceptors (Lipinski definition) is 10. The molecule has 1 aromatic rings. The van der Waals surface area contributed by atoms with Crippen LogP contribution < -0.4 is 11.1 Å². The van der Waals surface area contributed by atoms with E-state index in [2.05, 4.69) is 24.7 Å². The summed E-state index contributed by atoms with van der Waals surface area (Å²) in [4.78, 5) is 47.2. The van der Waals surface area contributed by atoms with Crippen LogP contribution in [0.5, 0.6) is 0 Å². The highest BCUT2D eigenvalue weighted by Gasteiger charge is 2.53. The molecule has 142 valence electrons. The van der Waals surface area contributed by atoms with Gasteiger partial charge in [-0.05, 0) is 17.7 Å². The van der Waals surface area contributed by atoms with E-state index in [1.807, 2.05) is 0 Å². The lowest BCUT2D eigenvalue weighted by Crippen LogP contribution is -2.72. The van der Waals surface area contributed by atoms with Crippen molar-refractivity contribution in [2.45, 2.75) is 24.9 Å². The van der Waals surface area contributed by atoms with Crippen LogP contribution >= 0.6 is 21.7 Å². The van der Waals surface area contributed by atoms with E-state index in [9.17, 15) is 19.5 Å². The molecule has 14 heteroatoms. The predicted octanol–water partition coefficient (Wildman–Crippen LogP) is -1.46. The molecule has 1 aromatic heterocycles. The van der Waals surface area contributed by atoms with E-state index in [0.29, 0.717) is 17.7 Å². The van der Waals surface area contributed by atoms with Crippen molar-refractivity contribution in [3.63, 3.8) is 0 Å². The lowest BCUT2D eigenvalue weighted by atomic mass is 9.86. The number of amides is 2. The molecule has 0 unspecified atom stereocenters. The van der Waals surface area contributed by atoms with Crippen molar-refractivity contribution in [2.24, 2.45) is 5.16 Å². The zero-order chi connectivity index (χ0) is 19.7. The average molecular weight is 426 g/mol. The van der Waals surface area contributed by atoms with Crippen LogP contribution in [0, 0.1) is 0 Å². The van der Waals surface area contributed by atoms with E-state index in [4.69, 9.17) is 5.73 Å². The third kappa shape index (κ3) is 3.53. The molecule has 1 fully saturated rings. The topological polar surface area (TPSA) is 160 Å². The number of aliphatic carboxylic acids is 1. The molecule has 0 aliphatic carbocycles. The first-order chi connectivity index (χ1) is 12.9. The minimum Gasteiger partial charge on any atom is -0.477 e. The third-order valence-corrected chi connectivity index (χ3v) is 7.09. The van der Waals surface area contributed by atoms with E-state index < -0.39 is 29.9 Å². The summed E-state index contributed by atoms with van der Waals surface area (Å²) in [5.41, 5.74) is 5.33. The van der Waals surface area contributed by atoms with Crippen molar-refractivity contribution in [1.82, 2.24) is 19.6 Å². The first-order valence-corrected chi connectivity index (χ1v) is 12.2. The highest BCUT2D eigenvalue weighted by atomic mass is 32.3. The number of carboxylic acids is 1. The number of carboxylic acid groups (broad SMARTS) is 1. The van der Waals surface area contributed by atoms with E-state index >= 15 is 0 Å². The van der Waals surface area contributed by atoms with E-state index in [-0.39, 0.29) is 22.4 Å². The number of nitrogens with two attached hydrogens (primary N) is 1. The van der Waals surface area contributed by atoms with Crippen molar-refractivity contribution in [1.29, 1.82) is 0 Å². The van der Waals surface area contributed by atoms with Crippen LogP contribution in [-0.4, -0.2) is 77.2 Å². The zero-order valence-corrected chi connectivity index (χ0v) is 18.0. The van der Waals surface area contributed by atoms with Gasteiger partial charge in [-0.25, -0.2) is 14.9 Å². The predicted molar refractivity (Wildman–Crippen MR) is 100 cm³/mol. The van der Waals surface area contributed by atoms with Gasteiger partial charge in [0.25, 0.3) is 11.8 Å². The van der Waals surface area contributed by atoms with Crippen molar-refractivity contribution < 1.29 is 24.3 Å². The largest absolute Gasteiger partial charge is 0.477 e. The highest BCUT2D eigenvalue weighted by molar-refractivity contribution is 8.22. The molecule has 2 aliphatic rings. The molecule has 0 radical (unpaired) electrons. The highest BCUT2D eigenvalue weighted by Crippen LogP contribution is 2.39. The Morgan fingerprint density at radius 2 is 2.30 bits per heavy atom. The Morgan fingerprint density at radius 3 is 2.85 bits per heavy atom. The molecule has 11 nitrogen and oxygen atoms in total. The average Bonchev–Trinajstić information content (AvgIpc) is 3.08. The molecular formula is C13H15AlN6O5S2. The van der Waals surface area contributed by atoms with E-state index in [1.54, 1.807) is 0 Å². The van der Waals surface area contributed by atoms with Crippen LogP contribution in [0.25, 0.3) is 0 Å². The second-order valence-corrected chi connectivity index (χ2v) is 8.53. The number of carbonyl (C=O) groups is 3. The number of hydrogen-bond donors (Lipinski definition) is 3. The van der Waals surface area contributed by atoms with Crippen LogP contribution in [0.1, 0.15) is 18.7 Å². The second-order valence-electron chi connectivity index (χ2n) is 5.63. The monoisotopic (exact) mass is 426 g/mol. The van der Waals surface area contributed by atoms with Crippen LogP contribution in [0.15, 0.2) is 15.8 Å². The fraction of sp³-hybridized carbons (Fsp3) is 0.385. The van der Waals surface area contributed by atoms with Crippen LogP contribution in [0.3, 0.4) is 0 Å². The quantitative estimate of drug-likeness (QED) is 0.214. The Hall–Kier alpha value is -2.14. The molecule has 0 saturated carbocycles. The van der Waals surface area contributed by atoms with Gasteiger partial charge in [-0.15, -0.1) is 0 Å². The Bertz CT molecular complexity index is 871. The summed E-state index contributed by atoms with van der Waals surface area (Å²) in [5.74, 6) is -2.32. The van der Waals surface area contributed by atoms with Crippen molar-refractivity contribution >= 4 is 65.4 Å². The summed E-state index contributed by atoms with van der Waals surface area (Å²) in [7, 11) is 2.71. The third-order valence-electron chi connectivity index (χ3n) is 4.18. The maximum absolute atomic E-state index is 12.6. The molecule has 1 saturated heterocycles. The van der Waals surface area contributed by atoms with Gasteiger partial charge in [0, 0.05) is 11.5 Å². The first kappa shape index (κ1) is 19.6. The summed E-state index contributed by atoms with van der Waals surface area (Å²) in [6.07, 6.45) is 1.12. The number of nitrogens with zero attached hydrogens (tertiary/aromatic N) is 4. The van der Waals surface area contributed by atoms with Gasteiger partial charge in [0.2, 0.25) is 11.5 Å². The molecular weight excluding hydrogens is 411 g/mol. The number of allylic oxidation sites excluding steroid dienone is 1. The van der Waals surface area contributed by atoms with Gasteiger partial charge in [0.15, 0.2) is 5.13 Å². The van der Waals surface area contributed by atoms with Crippen LogP contribution in [-0.2, 0) is 19.2 Å². The van der Waals surface area contributed by atoms with Gasteiger partial charge in [-0.1, -0.05) is 5.16 Å². The minimum absolute atomic E-state index is 0.00938. The molecule has 3 rings (SSSR count). The Kier molecular flexibility index (Phi) is 5.70. The van der Waals surface area contributed by atoms with Gasteiger partial charge in [0.05, 0.1) is 6.04 Å². The summed E-state index contributed by atoms with van der Waals surface area (Å²) < 4.78 is 3.92. The van der Waals surface area contributed by atoms with E-state index in [1.165, 1.54) is 22.1 Å². The molecule has 27 heavy (non-hydrogen) atoms. The number of oxime groups is 1. The number of fused-ring (bicyclic) bond motifs is 1. The summed E-state index contributed by atoms with van der Waals surface area (Å²) in [5, 5.41) is 15.8. The maximum Gasteiger partial charge on any atom is 0.353 e. The fourth-order valence-corrected chi connectivity index (χ4v) is 5.37. The van der Waals surface area contributed by atoms with Crippen LogP contribution in [0.2, 0.25) is 0 Å². The minimum atomic E-state index is -1.14. The van der Waals surface area contributed by atoms with Gasteiger partial charge < -0.3 is 21.0 Å². The molecule has 0 spiro atoms. The van der Waals surface area contributed by atoms with E-state index in [0.717, 1.165) is 26.7 Å². The number of rotatable bonds is 6. The smallest absolute Gasteiger partial charge is 0.353 e. The Balaban J connectivity index is 1.79. The molecule has 4 N–H and O–H groups in total. The standard InChI is InChI=1S/C13H14N6O5S2.Al.2H/c1-24-17-7(9-16-13(14)26-18-9)10(20)15-6-4-2-3-5(25)8(12(22)23)19(4)11(6)21;;;/h4,6,25H,2-3H2,1H3,(H,15,20)(H,22,23)(H2,14,16,18);;;/q;+1;;/p-1/b17-7-;;;/t4-,6+;;;/m1.../s1. The number of nitrogen functional groups attached to an aromatic ring is 1. The second kappa shape index (κ2) is 7.85. The molecule has 0 aromatic carbocycles. The van der Waals surface area contributed by atoms with Crippen molar-refractivity contribution in [3.05, 3.63) is 16.4 Å². The number of β-lactam (4-membered cyclic amide) rings is 1. The summed E-state index contributed by atoms with van der Waals surface area (Å²) in [6, 6.07) is -1.26. The molecule has 0 bridgehead atoms. The normalized spacial score (nSPS) is 22.2. The van der Waals surface area contributed by atoms with Gasteiger partial charge in [-0.2, -0.15) is 9.36 Å². The molecule has 2 amide bonds. The Morgan fingerprint density at radius 1 is 1.56 bits per heavy atom. The Labute approximate surface area is 168 Å². The SMILES string of the molecule is CO/N=C(\C(=O)N[C@@H]1C(=O)N2C(C(=O)O)=C([S][AlH2])CC[C@H]12)c1nsc(N)n1. The lowest BCUT2D eigenvalue weighted by Gasteiger charge is -2.50. The van der Waals surface area contributed by atoms with Gasteiger partial charge >= 0.3 is 21.1 Å². The number of nitrogens with one attached hydrogen (secondary N) is 1. The molecule has 2 aliphatic heterocycles. The van der Waals surface area contributed by atoms with Gasteiger partial charge in [-0.3, -0.25) is 14.5 Å². The fourth-order valence-electron chi connectivity index (χ4n) is 3.04. The first-order valence-electron chi connectivity index (χ1n) is 7.74. The lowest BCUT2D eigenvalue weighted by molar-refractivity contribution is -0.155.